The van der Waals surface area contributed by atoms with Gasteiger partial charge in [-0.1, -0.05) is 38.1 Å². The first kappa shape index (κ1) is 21.9. The van der Waals surface area contributed by atoms with Gasteiger partial charge in [-0.3, -0.25) is 4.79 Å². The summed E-state index contributed by atoms with van der Waals surface area (Å²) in [5.74, 6) is 0.406. The molecular formula is C21H28N2O4S. The van der Waals surface area contributed by atoms with Gasteiger partial charge in [-0.05, 0) is 37.4 Å². The van der Waals surface area contributed by atoms with E-state index in [4.69, 9.17) is 4.74 Å². The van der Waals surface area contributed by atoms with Crippen LogP contribution >= 0.6 is 0 Å². The Morgan fingerprint density at radius 3 is 2.46 bits per heavy atom. The molecule has 0 heterocycles. The first-order chi connectivity index (χ1) is 13.3. The summed E-state index contributed by atoms with van der Waals surface area (Å²) in [6, 6.07) is 13.6. The minimum Gasteiger partial charge on any atom is -0.492 e. The fourth-order valence-electron chi connectivity index (χ4n) is 2.76. The molecule has 0 spiro atoms. The minimum absolute atomic E-state index is 0.125. The maximum absolute atomic E-state index is 12.4. The molecule has 0 fully saturated rings. The summed E-state index contributed by atoms with van der Waals surface area (Å²) in [5, 5.41) is 2.83. The Bertz CT molecular complexity index is 893. The number of para-hydroxylation sites is 1. The van der Waals surface area contributed by atoms with E-state index < -0.39 is 9.84 Å². The van der Waals surface area contributed by atoms with Crippen LogP contribution in [0.15, 0.2) is 53.4 Å². The van der Waals surface area contributed by atoms with E-state index in [2.05, 4.69) is 24.1 Å². The molecule has 28 heavy (non-hydrogen) atoms. The van der Waals surface area contributed by atoms with Crippen LogP contribution in [0.25, 0.3) is 0 Å². The van der Waals surface area contributed by atoms with Crippen molar-refractivity contribution in [3.8, 4) is 5.75 Å². The molecule has 0 aliphatic heterocycles. The monoisotopic (exact) mass is 404 g/mol. The van der Waals surface area contributed by atoms with Gasteiger partial charge in [0, 0.05) is 30.5 Å². The quantitative estimate of drug-likeness (QED) is 0.659. The van der Waals surface area contributed by atoms with Crippen LogP contribution in [0.3, 0.4) is 0 Å². The van der Waals surface area contributed by atoms with Crippen LogP contribution in [0.1, 0.15) is 29.8 Å². The number of carbonyl (C=O) groups excluding carboxylic acids is 1. The van der Waals surface area contributed by atoms with Crippen LogP contribution in [0.4, 0.5) is 0 Å². The summed E-state index contributed by atoms with van der Waals surface area (Å²) in [7, 11) is -3.36. The third kappa shape index (κ3) is 6.35. The van der Waals surface area contributed by atoms with Gasteiger partial charge in [0.25, 0.3) is 5.91 Å². The molecule has 0 aliphatic rings. The van der Waals surface area contributed by atoms with Crippen LogP contribution < -0.4 is 10.1 Å². The van der Waals surface area contributed by atoms with Gasteiger partial charge >= 0.3 is 0 Å². The van der Waals surface area contributed by atoms with Gasteiger partial charge in [-0.15, -0.1) is 0 Å². The van der Waals surface area contributed by atoms with E-state index in [0.29, 0.717) is 18.7 Å². The number of likely N-dealkylation sites (N-methyl/N-ethyl adjacent to an activating group) is 1. The van der Waals surface area contributed by atoms with Crippen LogP contribution in [-0.2, 0) is 16.4 Å². The normalized spacial score (nSPS) is 11.4. The molecule has 0 radical (unpaired) electrons. The fourth-order valence-corrected chi connectivity index (χ4v) is 3.43. The zero-order valence-corrected chi connectivity index (χ0v) is 17.5. The molecule has 6 nitrogen and oxygen atoms in total. The first-order valence-electron chi connectivity index (χ1n) is 9.36. The third-order valence-electron chi connectivity index (χ3n) is 4.50. The standard InChI is InChI=1S/C21H28N2O4S/c1-4-23(5-2)13-14-27-20-12-7-6-9-18(20)16-22-21(24)17-10-8-11-19(15-17)28(3,25)26/h6-12,15H,4-5,13-14,16H2,1-3H3,(H,22,24). The number of rotatable bonds is 10. The Hall–Kier alpha value is -2.38. The lowest BCUT2D eigenvalue weighted by atomic mass is 10.1. The highest BCUT2D eigenvalue weighted by atomic mass is 32.2. The zero-order valence-electron chi connectivity index (χ0n) is 16.6. The van der Waals surface area contributed by atoms with Gasteiger partial charge in [0.15, 0.2) is 9.84 Å². The summed E-state index contributed by atoms with van der Waals surface area (Å²) >= 11 is 0. The summed E-state index contributed by atoms with van der Waals surface area (Å²) in [6.07, 6.45) is 1.12. The van der Waals surface area contributed by atoms with E-state index in [0.717, 1.165) is 37.2 Å². The Labute approximate surface area is 167 Å². The minimum atomic E-state index is -3.36. The number of nitrogens with one attached hydrogen (secondary N) is 1. The molecule has 152 valence electrons. The summed E-state index contributed by atoms with van der Waals surface area (Å²) in [5.41, 5.74) is 1.18. The second-order valence-corrected chi connectivity index (χ2v) is 8.48. The van der Waals surface area contributed by atoms with Crippen LogP contribution in [-0.4, -0.2) is 51.7 Å². The highest BCUT2D eigenvalue weighted by Crippen LogP contribution is 2.18. The first-order valence-corrected chi connectivity index (χ1v) is 11.3. The summed E-state index contributed by atoms with van der Waals surface area (Å²) in [4.78, 5) is 14.8. The predicted molar refractivity (Wildman–Crippen MR) is 110 cm³/mol. The second kappa shape index (κ2) is 10.2. The van der Waals surface area contributed by atoms with E-state index in [1.165, 1.54) is 12.1 Å². The summed E-state index contributed by atoms with van der Waals surface area (Å²) < 4.78 is 29.2. The number of hydrogen-bond donors (Lipinski definition) is 1. The van der Waals surface area contributed by atoms with E-state index in [-0.39, 0.29) is 10.8 Å². The number of amides is 1. The molecule has 0 bridgehead atoms. The number of nitrogens with zero attached hydrogens (tertiary/aromatic N) is 1. The van der Waals surface area contributed by atoms with Crippen molar-refractivity contribution < 1.29 is 17.9 Å². The average Bonchev–Trinajstić information content (AvgIpc) is 2.69. The van der Waals surface area contributed by atoms with Crippen LogP contribution in [0.2, 0.25) is 0 Å². The Kier molecular flexibility index (Phi) is 8.02. The molecule has 1 amide bonds. The van der Waals surface area contributed by atoms with Crippen molar-refractivity contribution in [1.29, 1.82) is 0 Å². The van der Waals surface area contributed by atoms with Gasteiger partial charge in [-0.25, -0.2) is 8.42 Å². The molecule has 2 aromatic rings. The molecule has 2 aromatic carbocycles. The molecule has 7 heteroatoms. The van der Waals surface area contributed by atoms with Crippen LogP contribution in [0, 0.1) is 0 Å². The number of hydrogen-bond acceptors (Lipinski definition) is 5. The molecule has 0 saturated carbocycles. The predicted octanol–water partition coefficient (Wildman–Crippen LogP) is 2.74. The Balaban J connectivity index is 2.00. The molecule has 1 N–H and O–H groups in total. The number of sulfone groups is 1. The SMILES string of the molecule is CCN(CC)CCOc1ccccc1CNC(=O)c1cccc(S(C)(=O)=O)c1. The van der Waals surface area contributed by atoms with Crippen molar-refractivity contribution in [2.75, 3.05) is 32.5 Å². The molecule has 0 aromatic heterocycles. The lowest BCUT2D eigenvalue weighted by molar-refractivity contribution is 0.0950. The molecule has 0 aliphatic carbocycles. The lowest BCUT2D eigenvalue weighted by Crippen LogP contribution is -2.28. The van der Waals surface area contributed by atoms with Crippen molar-refractivity contribution >= 4 is 15.7 Å². The maximum atomic E-state index is 12.4. The Morgan fingerprint density at radius 1 is 1.07 bits per heavy atom. The highest BCUT2D eigenvalue weighted by Gasteiger charge is 2.12. The van der Waals surface area contributed by atoms with Crippen molar-refractivity contribution in [3.05, 3.63) is 59.7 Å². The molecule has 2 rings (SSSR count). The average molecular weight is 405 g/mol. The largest absolute Gasteiger partial charge is 0.492 e. The van der Waals surface area contributed by atoms with E-state index >= 15 is 0 Å². The van der Waals surface area contributed by atoms with Crippen molar-refractivity contribution in [2.24, 2.45) is 0 Å². The Morgan fingerprint density at radius 2 is 1.79 bits per heavy atom. The van der Waals surface area contributed by atoms with Gasteiger partial charge in [0.05, 0.1) is 4.90 Å². The zero-order chi connectivity index (χ0) is 20.6. The number of ether oxygens (including phenoxy) is 1. The van der Waals surface area contributed by atoms with Gasteiger partial charge < -0.3 is 15.0 Å². The van der Waals surface area contributed by atoms with Gasteiger partial charge in [0.2, 0.25) is 0 Å². The molecule has 0 unspecified atom stereocenters. The number of benzene rings is 2. The lowest BCUT2D eigenvalue weighted by Gasteiger charge is -2.19. The fraction of sp³-hybridized carbons (Fsp3) is 0.381. The van der Waals surface area contributed by atoms with Crippen molar-refractivity contribution in [2.45, 2.75) is 25.3 Å². The van der Waals surface area contributed by atoms with Gasteiger partial charge in [-0.2, -0.15) is 0 Å². The van der Waals surface area contributed by atoms with E-state index in [9.17, 15) is 13.2 Å². The maximum Gasteiger partial charge on any atom is 0.251 e. The topological polar surface area (TPSA) is 75.7 Å². The molecular weight excluding hydrogens is 376 g/mol. The smallest absolute Gasteiger partial charge is 0.251 e. The molecule has 0 atom stereocenters. The van der Waals surface area contributed by atoms with Crippen molar-refractivity contribution in [1.82, 2.24) is 10.2 Å². The summed E-state index contributed by atoms with van der Waals surface area (Å²) in [6.45, 7) is 7.89. The van der Waals surface area contributed by atoms with E-state index in [1.54, 1.807) is 12.1 Å². The highest BCUT2D eigenvalue weighted by molar-refractivity contribution is 7.90. The second-order valence-electron chi connectivity index (χ2n) is 6.47. The van der Waals surface area contributed by atoms with E-state index in [1.807, 2.05) is 24.3 Å². The van der Waals surface area contributed by atoms with Crippen molar-refractivity contribution in [3.63, 3.8) is 0 Å². The van der Waals surface area contributed by atoms with Crippen LogP contribution in [0.5, 0.6) is 5.75 Å². The third-order valence-corrected chi connectivity index (χ3v) is 5.61. The van der Waals surface area contributed by atoms with Gasteiger partial charge in [0.1, 0.15) is 12.4 Å². The number of carbonyl (C=O) groups is 1. The molecule has 0 saturated heterocycles.